The van der Waals surface area contributed by atoms with Gasteiger partial charge in [0.2, 0.25) is 11.6 Å². The van der Waals surface area contributed by atoms with Crippen LogP contribution in [0.5, 0.6) is 11.8 Å². The van der Waals surface area contributed by atoms with Crippen LogP contribution in [0.25, 0.3) is 33.7 Å². The minimum atomic E-state index is -4.66. The first kappa shape index (κ1) is 47.5. The lowest BCUT2D eigenvalue weighted by Crippen LogP contribution is -2.23. The maximum Gasteiger partial charge on any atom is 0.422 e. The van der Waals surface area contributed by atoms with E-state index in [-0.39, 0.29) is 53.6 Å². The number of fused-ring (bicyclic) bond motifs is 2. The minimum absolute atomic E-state index is 0. The molecule has 2 fully saturated rings. The van der Waals surface area contributed by atoms with Gasteiger partial charge in [0.15, 0.2) is 36.1 Å². The van der Waals surface area contributed by atoms with E-state index < -0.39 is 72.1 Å². The molecule has 2 saturated carbocycles. The smallest absolute Gasteiger partial charge is 0.422 e. The van der Waals surface area contributed by atoms with Gasteiger partial charge in [0.05, 0.1) is 18.5 Å². The zero-order valence-corrected chi connectivity index (χ0v) is 31.4. The van der Waals surface area contributed by atoms with Crippen molar-refractivity contribution in [3.63, 3.8) is 0 Å². The van der Waals surface area contributed by atoms with Crippen LogP contribution in [0.2, 0.25) is 0 Å². The molecular weight excluding hydrogens is 886 g/mol. The molecule has 0 radical (unpaired) electrons. The van der Waals surface area contributed by atoms with Gasteiger partial charge in [-0.1, -0.05) is 7.43 Å². The summed E-state index contributed by atoms with van der Waals surface area (Å²) in [5.41, 5.74) is 0.449. The topological polar surface area (TPSA) is 147 Å². The quantitative estimate of drug-likeness (QED) is 0.0928. The maximum absolute atomic E-state index is 14.4. The van der Waals surface area contributed by atoms with Crippen molar-refractivity contribution in [2.75, 3.05) is 26.4 Å². The normalized spacial score (nSPS) is 14.4. The van der Waals surface area contributed by atoms with Crippen molar-refractivity contribution in [3.05, 3.63) is 78.5 Å². The van der Waals surface area contributed by atoms with E-state index in [0.29, 0.717) is 12.5 Å². The van der Waals surface area contributed by atoms with Gasteiger partial charge < -0.3 is 19.3 Å². The first-order chi connectivity index (χ1) is 28.6. The van der Waals surface area contributed by atoms with Gasteiger partial charge in [0.1, 0.15) is 0 Å². The highest BCUT2D eigenvalue weighted by Crippen LogP contribution is 2.36. The molecular formula is C36H32ClF12N9O4. The zero-order chi connectivity index (χ0) is 44.3. The molecule has 0 amide bonds. The number of halogens is 13. The Hall–Kier alpha value is -5.56. The predicted molar refractivity (Wildman–Crippen MR) is 192 cm³/mol. The van der Waals surface area contributed by atoms with Crippen LogP contribution in [0.1, 0.15) is 44.8 Å². The number of alkyl halides is 11. The van der Waals surface area contributed by atoms with Crippen LogP contribution >= 0.6 is 11.6 Å². The van der Waals surface area contributed by atoms with Crippen molar-refractivity contribution < 1.29 is 72.0 Å². The molecule has 2 aliphatic carbocycles. The highest BCUT2D eigenvalue weighted by Gasteiger charge is 2.41. The van der Waals surface area contributed by atoms with Gasteiger partial charge >= 0.3 is 23.8 Å². The highest BCUT2D eigenvalue weighted by atomic mass is 35.5. The van der Waals surface area contributed by atoms with Gasteiger partial charge in [-0.3, -0.25) is 13.8 Å². The van der Waals surface area contributed by atoms with Gasteiger partial charge in [-0.2, -0.15) is 43.9 Å². The van der Waals surface area contributed by atoms with E-state index in [4.69, 9.17) is 21.4 Å². The summed E-state index contributed by atoms with van der Waals surface area (Å²) in [6, 6.07) is 4.54. The van der Waals surface area contributed by atoms with Crippen LogP contribution in [-0.2, 0) is 16.2 Å². The molecule has 6 heterocycles. The summed E-state index contributed by atoms with van der Waals surface area (Å²) in [6.45, 7) is -3.09. The molecule has 0 aliphatic heterocycles. The van der Waals surface area contributed by atoms with Crippen molar-refractivity contribution in [1.29, 1.82) is 0 Å². The fourth-order valence-electron chi connectivity index (χ4n) is 4.94. The van der Waals surface area contributed by atoms with E-state index in [2.05, 4.69) is 44.8 Å². The predicted octanol–water partition coefficient (Wildman–Crippen LogP) is 8.93. The number of pyridine rings is 3. The molecule has 1 N–H and O–H groups in total. The summed E-state index contributed by atoms with van der Waals surface area (Å²) >= 11 is 4.94. The van der Waals surface area contributed by atoms with E-state index in [0.717, 1.165) is 58.6 Å². The van der Waals surface area contributed by atoms with Crippen molar-refractivity contribution >= 4 is 22.9 Å². The summed E-state index contributed by atoms with van der Waals surface area (Å²) in [6.07, 6.45) is -3.35. The molecule has 26 heteroatoms. The highest BCUT2D eigenvalue weighted by molar-refractivity contribution is 6.21. The number of nitrogens with zero attached hydrogens (tertiary/aromatic N) is 9. The van der Waals surface area contributed by atoms with E-state index in [1.807, 2.05) is 0 Å². The molecule has 0 saturated heterocycles. The number of hydrogen-bond donors (Lipinski definition) is 1. The molecule has 0 unspecified atom stereocenters. The van der Waals surface area contributed by atoms with Crippen LogP contribution in [0.15, 0.2) is 55.2 Å². The van der Waals surface area contributed by atoms with Gasteiger partial charge in [-0.15, -0.1) is 20.4 Å². The second kappa shape index (κ2) is 18.8. The van der Waals surface area contributed by atoms with Crippen molar-refractivity contribution in [1.82, 2.24) is 44.1 Å². The number of hydrogen-bond acceptors (Lipinski definition) is 11. The summed E-state index contributed by atoms with van der Waals surface area (Å²) < 4.78 is 171. The fourth-order valence-corrected chi connectivity index (χ4v) is 5.07. The lowest BCUT2D eigenvalue weighted by Gasteiger charge is -2.15. The van der Waals surface area contributed by atoms with E-state index in [1.54, 1.807) is 0 Å². The Labute approximate surface area is 346 Å². The van der Waals surface area contributed by atoms with Crippen molar-refractivity contribution in [2.45, 2.75) is 57.0 Å². The van der Waals surface area contributed by atoms with Gasteiger partial charge in [0, 0.05) is 48.1 Å². The second-order valence-electron chi connectivity index (χ2n) is 13.4. The molecule has 2 aliphatic rings. The number of aromatic nitrogens is 9. The summed E-state index contributed by atoms with van der Waals surface area (Å²) in [4.78, 5) is 10.9. The molecule has 0 bridgehead atoms. The fraction of sp³-hybridized carbons (Fsp3) is 0.417. The van der Waals surface area contributed by atoms with Gasteiger partial charge in [0.25, 0.3) is 11.8 Å². The standard InChI is InChI=1S/C18H14F6N4O2.C13H6ClF6N5O.C4H8O.CH4/c19-13-5-12(6-25-15(13)29-9-17(20,21)22)11-3-4-14-26-27-16(28(14)7-11)18(23,24)30-8-10-1-2-10;14-13(19,20)11-24-23-9-3-21-8(4-25(9)11)6-1-7(15)10(22-2-6)26-5-12(16,17)18;5-3-4-1-2-4;/h3-7,10H,1-2,8-9H2;1-4H,5H2;4-5H,1-3H2;1H4. The molecule has 6 aromatic heterocycles. The van der Waals surface area contributed by atoms with Crippen LogP contribution in [-0.4, -0.2) is 88.0 Å². The molecule has 336 valence electrons. The van der Waals surface area contributed by atoms with E-state index in [9.17, 15) is 52.7 Å². The summed E-state index contributed by atoms with van der Waals surface area (Å²) in [5, 5.41) is 18.3. The van der Waals surface area contributed by atoms with Crippen LogP contribution in [0.3, 0.4) is 0 Å². The summed E-state index contributed by atoms with van der Waals surface area (Å²) in [7, 11) is 0. The monoisotopic (exact) mass is 917 g/mol. The largest absolute Gasteiger partial charge is 0.466 e. The Morgan fingerprint density at radius 2 is 1.18 bits per heavy atom. The lowest BCUT2D eigenvalue weighted by atomic mass is 10.1. The molecule has 0 spiro atoms. The molecule has 62 heavy (non-hydrogen) atoms. The maximum atomic E-state index is 14.4. The first-order valence-corrected chi connectivity index (χ1v) is 17.9. The third-order valence-corrected chi connectivity index (χ3v) is 8.52. The van der Waals surface area contributed by atoms with Gasteiger partial charge in [-0.05, 0) is 73.4 Å². The number of aliphatic hydroxyl groups excluding tert-OH is 1. The van der Waals surface area contributed by atoms with Crippen LogP contribution in [0.4, 0.5) is 52.7 Å². The Kier molecular flexibility index (Phi) is 14.4. The second-order valence-corrected chi connectivity index (χ2v) is 13.9. The average molecular weight is 918 g/mol. The number of ether oxygens (including phenoxy) is 3. The minimum Gasteiger partial charge on any atom is -0.466 e. The molecule has 0 aromatic carbocycles. The number of aliphatic hydroxyl groups is 1. The van der Waals surface area contributed by atoms with Gasteiger partial charge in [-0.25, -0.2) is 18.7 Å². The van der Waals surface area contributed by atoms with Crippen LogP contribution in [0, 0.1) is 23.5 Å². The lowest BCUT2D eigenvalue weighted by molar-refractivity contribution is -0.256. The Balaban J connectivity index is 0.000000209. The molecule has 6 aromatic rings. The zero-order valence-electron chi connectivity index (χ0n) is 30.6. The Morgan fingerprint density at radius 3 is 1.69 bits per heavy atom. The van der Waals surface area contributed by atoms with Crippen molar-refractivity contribution in [3.8, 4) is 34.1 Å². The third-order valence-electron chi connectivity index (χ3n) is 8.35. The first-order valence-electron chi connectivity index (χ1n) is 17.6. The van der Waals surface area contributed by atoms with E-state index in [1.165, 1.54) is 31.2 Å². The van der Waals surface area contributed by atoms with Crippen molar-refractivity contribution in [2.24, 2.45) is 11.8 Å². The third kappa shape index (κ3) is 12.7. The number of rotatable bonds is 12. The SMILES string of the molecule is C.Fc1cc(-c2ccc3nnc(C(F)(F)OCC4CC4)n3c2)cnc1OCC(F)(F)F.Fc1cc(-c2cn3c(C(F)(F)Cl)nnc3cn2)cnc1OCC(F)(F)F.OCC1CC1. The van der Waals surface area contributed by atoms with E-state index >= 15 is 0 Å². The average Bonchev–Trinajstić information content (AvgIpc) is 4.12. The molecule has 13 nitrogen and oxygen atoms in total. The Bertz CT molecular complexity index is 2460. The summed E-state index contributed by atoms with van der Waals surface area (Å²) in [5.74, 6) is -4.80. The molecule has 0 atom stereocenters. The Morgan fingerprint density at radius 1 is 0.645 bits per heavy atom. The van der Waals surface area contributed by atoms with Crippen LogP contribution < -0.4 is 9.47 Å². The molecule has 8 rings (SSSR count).